The molecule has 0 bridgehead atoms. The first-order valence-corrected chi connectivity index (χ1v) is 18.4. The van der Waals surface area contributed by atoms with Gasteiger partial charge in [0, 0.05) is 13.0 Å². The molecule has 1 aromatic rings. The number of carbonyl (C=O) groups is 3. The molecule has 268 valence electrons. The van der Waals surface area contributed by atoms with Crippen molar-refractivity contribution in [2.75, 3.05) is 6.54 Å². The first-order chi connectivity index (χ1) is 22.8. The third kappa shape index (κ3) is 7.71. The summed E-state index contributed by atoms with van der Waals surface area (Å²) in [7, 11) is 0. The van der Waals surface area contributed by atoms with E-state index in [1.54, 1.807) is 0 Å². The van der Waals surface area contributed by atoms with Crippen LogP contribution >= 0.6 is 0 Å². The van der Waals surface area contributed by atoms with Crippen LogP contribution in [0.1, 0.15) is 103 Å². The molecule has 0 radical (unpaired) electrons. The molecule has 4 fully saturated rings. The lowest BCUT2D eigenvalue weighted by molar-refractivity contribution is -0.207. The van der Waals surface area contributed by atoms with E-state index in [0.717, 1.165) is 44.1 Å². The number of benzene rings is 1. The van der Waals surface area contributed by atoms with Gasteiger partial charge in [0.2, 0.25) is 5.91 Å². The highest BCUT2D eigenvalue weighted by molar-refractivity contribution is 5.83. The number of carboxylic acids is 1. The van der Waals surface area contributed by atoms with Gasteiger partial charge in [-0.05, 0) is 123 Å². The molecule has 10 nitrogen and oxygen atoms in total. The van der Waals surface area contributed by atoms with Crippen molar-refractivity contribution in [2.45, 2.75) is 129 Å². The molecular weight excluding hydrogens is 612 g/mol. The predicted molar refractivity (Wildman–Crippen MR) is 180 cm³/mol. The molecule has 1 aromatic carbocycles. The lowest BCUT2D eigenvalue weighted by atomic mass is 9.43. The van der Waals surface area contributed by atoms with E-state index in [-0.39, 0.29) is 77.8 Å². The zero-order valence-electron chi connectivity index (χ0n) is 29.0. The molecule has 6 N–H and O–H groups in total. The third-order valence-electron chi connectivity index (χ3n) is 13.4. The second-order valence-corrected chi connectivity index (χ2v) is 16.0. The first kappa shape index (κ1) is 36.6. The van der Waals surface area contributed by atoms with Crippen LogP contribution in [0, 0.1) is 46.3 Å². The van der Waals surface area contributed by atoms with Gasteiger partial charge in [0.05, 0.1) is 18.3 Å². The van der Waals surface area contributed by atoms with Crippen molar-refractivity contribution < 1.29 is 39.5 Å². The summed E-state index contributed by atoms with van der Waals surface area (Å²) in [5, 5.41) is 48.8. The standard InChI is InChI=1S/C38H58N2O8/c1-23(12-15-33(44)40-30(35(45)46)11-7-8-18-39-36(47)48-22-24-9-5-4-6-10-24)27-13-14-28-34-29(21-32(43)38(27,28)3)37(2)17-16-26(41)19-25(37)20-31(34)42/h4-6,9-10,23,25-32,34,41-43H,7-8,11-22H2,1-3H3,(H,39,47)(H,40,44)(H,45,46)/t23-,25+,26-,27-,28+,29+,30+,31-,32+,34+,37+,38-/m1/s1. The molecule has 4 saturated carbocycles. The fourth-order valence-electron chi connectivity index (χ4n) is 10.7. The molecule has 0 aliphatic heterocycles. The van der Waals surface area contributed by atoms with Gasteiger partial charge in [0.25, 0.3) is 0 Å². The Balaban J connectivity index is 1.07. The second kappa shape index (κ2) is 15.5. The average molecular weight is 671 g/mol. The number of hydrogen-bond donors (Lipinski definition) is 6. The molecule has 10 heteroatoms. The van der Waals surface area contributed by atoms with Gasteiger partial charge in [-0.2, -0.15) is 0 Å². The lowest BCUT2D eigenvalue weighted by Crippen LogP contribution is -2.62. The number of fused-ring (bicyclic) bond motifs is 5. The van der Waals surface area contributed by atoms with E-state index in [9.17, 15) is 34.8 Å². The van der Waals surface area contributed by atoms with Crippen LogP contribution in [-0.4, -0.2) is 69.3 Å². The van der Waals surface area contributed by atoms with Gasteiger partial charge in [-0.3, -0.25) is 4.79 Å². The zero-order valence-corrected chi connectivity index (χ0v) is 29.0. The van der Waals surface area contributed by atoms with Crippen LogP contribution in [0.15, 0.2) is 30.3 Å². The predicted octanol–water partition coefficient (Wildman–Crippen LogP) is 5.03. The van der Waals surface area contributed by atoms with Crippen molar-refractivity contribution in [3.8, 4) is 0 Å². The fraction of sp³-hybridized carbons (Fsp3) is 0.763. The number of nitrogens with one attached hydrogen (secondary N) is 2. The summed E-state index contributed by atoms with van der Waals surface area (Å²) < 4.78 is 5.19. The number of carboxylic acid groups (broad SMARTS) is 1. The molecule has 0 saturated heterocycles. The first-order valence-electron chi connectivity index (χ1n) is 18.4. The molecule has 12 atom stereocenters. The largest absolute Gasteiger partial charge is 0.480 e. The Morgan fingerprint density at radius 3 is 2.44 bits per heavy atom. The van der Waals surface area contributed by atoms with Crippen molar-refractivity contribution in [3.63, 3.8) is 0 Å². The minimum Gasteiger partial charge on any atom is -0.480 e. The van der Waals surface area contributed by atoms with E-state index in [1.807, 2.05) is 30.3 Å². The molecule has 4 aliphatic carbocycles. The van der Waals surface area contributed by atoms with Crippen LogP contribution in [0.5, 0.6) is 0 Å². The Bertz CT molecular complexity index is 1260. The molecule has 0 heterocycles. The highest BCUT2D eigenvalue weighted by atomic mass is 16.5. The molecule has 2 amide bonds. The van der Waals surface area contributed by atoms with E-state index in [1.165, 1.54) is 0 Å². The second-order valence-electron chi connectivity index (χ2n) is 16.0. The van der Waals surface area contributed by atoms with Crippen molar-refractivity contribution in [1.29, 1.82) is 0 Å². The summed E-state index contributed by atoms with van der Waals surface area (Å²) in [6, 6.07) is 8.38. The monoisotopic (exact) mass is 670 g/mol. The van der Waals surface area contributed by atoms with Gasteiger partial charge in [0.15, 0.2) is 0 Å². The van der Waals surface area contributed by atoms with Crippen molar-refractivity contribution in [2.24, 2.45) is 46.3 Å². The Labute approximate surface area is 285 Å². The zero-order chi connectivity index (χ0) is 34.6. The summed E-state index contributed by atoms with van der Waals surface area (Å²) in [4.78, 5) is 36.8. The van der Waals surface area contributed by atoms with Crippen molar-refractivity contribution in [3.05, 3.63) is 35.9 Å². The Morgan fingerprint density at radius 2 is 1.71 bits per heavy atom. The summed E-state index contributed by atoms with van der Waals surface area (Å²) in [5.41, 5.74) is 0.571. The minimum absolute atomic E-state index is 0.0266. The lowest BCUT2D eigenvalue weighted by Gasteiger charge is -2.63. The number of alkyl carbamates (subject to hydrolysis) is 1. The number of aliphatic carboxylic acids is 1. The van der Waals surface area contributed by atoms with Crippen LogP contribution in [0.2, 0.25) is 0 Å². The summed E-state index contributed by atoms with van der Waals surface area (Å²) >= 11 is 0. The Kier molecular flexibility index (Phi) is 11.8. The van der Waals surface area contributed by atoms with Crippen LogP contribution in [0.25, 0.3) is 0 Å². The SMILES string of the molecule is C[C@H](CCC(=O)N[C@@H](CCCCNC(=O)OCc1ccccc1)C(=O)O)[C@H]1CC[C@H]2[C@@H]3[C@H](O)C[C@@H]4C[C@H](O)CC[C@]4(C)[C@H]3C[C@H](O)[C@]12C. The Hall–Kier alpha value is -2.69. The van der Waals surface area contributed by atoms with Crippen LogP contribution in [-0.2, 0) is 20.9 Å². The maximum Gasteiger partial charge on any atom is 0.407 e. The smallest absolute Gasteiger partial charge is 0.407 e. The van der Waals surface area contributed by atoms with Gasteiger partial charge >= 0.3 is 12.1 Å². The topological polar surface area (TPSA) is 165 Å². The van der Waals surface area contributed by atoms with Crippen LogP contribution in [0.4, 0.5) is 4.79 Å². The minimum atomic E-state index is -1.08. The van der Waals surface area contributed by atoms with E-state index in [0.29, 0.717) is 32.2 Å². The number of aliphatic hydroxyl groups is 3. The summed E-state index contributed by atoms with van der Waals surface area (Å²) in [6.45, 7) is 7.21. The van der Waals surface area contributed by atoms with Gasteiger partial charge in [0.1, 0.15) is 12.6 Å². The highest BCUT2D eigenvalue weighted by Gasteiger charge is 2.65. The molecule has 4 aliphatic rings. The van der Waals surface area contributed by atoms with E-state index < -0.39 is 30.3 Å². The summed E-state index contributed by atoms with van der Waals surface area (Å²) in [6.07, 6.45) is 6.17. The maximum atomic E-state index is 12.9. The molecule has 5 rings (SSSR count). The van der Waals surface area contributed by atoms with Gasteiger partial charge in [-0.15, -0.1) is 0 Å². The molecule has 48 heavy (non-hydrogen) atoms. The third-order valence-corrected chi connectivity index (χ3v) is 13.4. The normalized spacial score (nSPS) is 36.9. The van der Waals surface area contributed by atoms with Crippen LogP contribution < -0.4 is 10.6 Å². The molecular formula is C38H58N2O8. The van der Waals surface area contributed by atoms with E-state index in [4.69, 9.17) is 4.74 Å². The maximum absolute atomic E-state index is 12.9. The van der Waals surface area contributed by atoms with Gasteiger partial charge < -0.3 is 35.8 Å². The number of ether oxygens (including phenoxy) is 1. The quantitative estimate of drug-likeness (QED) is 0.159. The fourth-order valence-corrected chi connectivity index (χ4v) is 10.7. The van der Waals surface area contributed by atoms with E-state index >= 15 is 0 Å². The van der Waals surface area contributed by atoms with Gasteiger partial charge in [-0.1, -0.05) is 51.1 Å². The number of rotatable bonds is 13. The number of unbranched alkanes of at least 4 members (excludes halogenated alkanes) is 1. The van der Waals surface area contributed by atoms with Crippen molar-refractivity contribution >= 4 is 18.0 Å². The Morgan fingerprint density at radius 1 is 0.958 bits per heavy atom. The summed E-state index contributed by atoms with van der Waals surface area (Å²) in [5.74, 6) is -0.131. The number of aliphatic hydroxyl groups excluding tert-OH is 3. The molecule has 0 spiro atoms. The van der Waals surface area contributed by atoms with Crippen molar-refractivity contribution in [1.82, 2.24) is 10.6 Å². The number of carbonyl (C=O) groups excluding carboxylic acids is 2. The molecule has 0 aromatic heterocycles. The number of amides is 2. The van der Waals surface area contributed by atoms with Gasteiger partial charge in [-0.25, -0.2) is 9.59 Å². The number of hydrogen-bond acceptors (Lipinski definition) is 7. The average Bonchev–Trinajstić information content (AvgIpc) is 3.42. The van der Waals surface area contributed by atoms with E-state index in [2.05, 4.69) is 31.4 Å². The highest BCUT2D eigenvalue weighted by Crippen LogP contribution is 2.68. The van der Waals surface area contributed by atoms with Crippen LogP contribution in [0.3, 0.4) is 0 Å². The molecule has 0 unspecified atom stereocenters.